The lowest BCUT2D eigenvalue weighted by Gasteiger charge is -2.28. The normalized spacial score (nSPS) is 13.5. The highest BCUT2D eigenvalue weighted by atomic mass is 16.5. The van der Waals surface area contributed by atoms with Gasteiger partial charge in [-0.1, -0.05) is 57.4 Å². The van der Waals surface area contributed by atoms with Crippen molar-refractivity contribution in [3.05, 3.63) is 48.7 Å². The third-order valence-electron chi connectivity index (χ3n) is 4.53. The van der Waals surface area contributed by atoms with Gasteiger partial charge in [-0.2, -0.15) is 0 Å². The fraction of sp³-hybridized carbons (Fsp3) is 0.476. The standard InChI is InChI=1S/C21H30N2O2/c1-4-7-8-9-14-19(25-6-3)21(23-20(24)5-2)17-15-22-18-13-11-10-12-16(17)18/h5,10-13,15,19,21-22H,2,4,6-9,14H2,1,3H3,(H,23,24)/t19-,21-/m1/s1. The molecule has 136 valence electrons. The van der Waals surface area contributed by atoms with Crippen molar-refractivity contribution in [3.8, 4) is 0 Å². The number of aromatic amines is 1. The van der Waals surface area contributed by atoms with Crippen molar-refractivity contribution >= 4 is 16.8 Å². The van der Waals surface area contributed by atoms with E-state index in [2.05, 4.69) is 29.9 Å². The van der Waals surface area contributed by atoms with E-state index in [4.69, 9.17) is 4.74 Å². The van der Waals surface area contributed by atoms with Crippen molar-refractivity contribution in [2.45, 2.75) is 58.1 Å². The summed E-state index contributed by atoms with van der Waals surface area (Å²) >= 11 is 0. The highest BCUT2D eigenvalue weighted by Crippen LogP contribution is 2.30. The second kappa shape index (κ2) is 10.0. The van der Waals surface area contributed by atoms with Gasteiger partial charge in [-0.3, -0.25) is 4.79 Å². The van der Waals surface area contributed by atoms with Gasteiger partial charge in [-0.25, -0.2) is 0 Å². The molecule has 0 unspecified atom stereocenters. The van der Waals surface area contributed by atoms with Crippen LogP contribution in [0, 0.1) is 0 Å². The minimum atomic E-state index is -0.191. The summed E-state index contributed by atoms with van der Waals surface area (Å²) in [5.74, 6) is -0.173. The van der Waals surface area contributed by atoms with Crippen molar-refractivity contribution in [2.24, 2.45) is 0 Å². The number of rotatable bonds is 11. The van der Waals surface area contributed by atoms with Crippen LogP contribution in [0.25, 0.3) is 10.9 Å². The van der Waals surface area contributed by atoms with Gasteiger partial charge < -0.3 is 15.0 Å². The van der Waals surface area contributed by atoms with Gasteiger partial charge in [-0.15, -0.1) is 0 Å². The molecule has 4 nitrogen and oxygen atoms in total. The van der Waals surface area contributed by atoms with Crippen LogP contribution in [0.15, 0.2) is 43.1 Å². The number of aromatic nitrogens is 1. The number of H-pyrrole nitrogens is 1. The first-order valence-electron chi connectivity index (χ1n) is 9.31. The first kappa shape index (κ1) is 19.3. The maximum atomic E-state index is 12.0. The smallest absolute Gasteiger partial charge is 0.243 e. The number of ether oxygens (including phenoxy) is 1. The van der Waals surface area contributed by atoms with Crippen LogP contribution in [0.4, 0.5) is 0 Å². The van der Waals surface area contributed by atoms with Gasteiger partial charge in [0.25, 0.3) is 0 Å². The van der Waals surface area contributed by atoms with E-state index >= 15 is 0 Å². The van der Waals surface area contributed by atoms with Crippen molar-refractivity contribution in [1.82, 2.24) is 10.3 Å². The van der Waals surface area contributed by atoms with Crippen molar-refractivity contribution in [2.75, 3.05) is 6.61 Å². The Morgan fingerprint density at radius 3 is 2.80 bits per heavy atom. The molecule has 1 heterocycles. The molecule has 2 atom stereocenters. The second-order valence-corrected chi connectivity index (χ2v) is 6.32. The van der Waals surface area contributed by atoms with Crippen LogP contribution < -0.4 is 5.32 Å². The molecule has 0 bridgehead atoms. The van der Waals surface area contributed by atoms with Gasteiger partial charge in [0.1, 0.15) is 0 Å². The molecule has 2 rings (SSSR count). The van der Waals surface area contributed by atoms with Gasteiger partial charge in [0.15, 0.2) is 0 Å². The van der Waals surface area contributed by atoms with Crippen LogP contribution in [0.1, 0.15) is 57.6 Å². The average molecular weight is 342 g/mol. The Labute approximate surface area is 150 Å². The maximum Gasteiger partial charge on any atom is 0.243 e. The van der Waals surface area contributed by atoms with Crippen LogP contribution >= 0.6 is 0 Å². The Balaban J connectivity index is 2.28. The number of fused-ring (bicyclic) bond motifs is 1. The van der Waals surface area contributed by atoms with Crippen molar-refractivity contribution < 1.29 is 9.53 Å². The third kappa shape index (κ3) is 5.20. The van der Waals surface area contributed by atoms with Crippen LogP contribution in [-0.4, -0.2) is 23.6 Å². The quantitative estimate of drug-likeness (QED) is 0.451. The van der Waals surface area contributed by atoms with E-state index in [1.54, 1.807) is 0 Å². The van der Waals surface area contributed by atoms with Gasteiger partial charge in [-0.05, 0) is 25.5 Å². The molecule has 0 radical (unpaired) electrons. The molecule has 0 saturated carbocycles. The van der Waals surface area contributed by atoms with E-state index in [-0.39, 0.29) is 18.1 Å². The Hall–Kier alpha value is -2.07. The molecule has 0 saturated heterocycles. The summed E-state index contributed by atoms with van der Waals surface area (Å²) in [5.41, 5.74) is 2.14. The number of hydrogen-bond acceptors (Lipinski definition) is 2. The molecule has 1 amide bonds. The van der Waals surface area contributed by atoms with E-state index in [0.29, 0.717) is 6.61 Å². The zero-order chi connectivity index (χ0) is 18.1. The molecule has 0 spiro atoms. The molecule has 0 fully saturated rings. The predicted molar refractivity (Wildman–Crippen MR) is 104 cm³/mol. The molecule has 2 N–H and O–H groups in total. The summed E-state index contributed by atoms with van der Waals surface area (Å²) in [5, 5.41) is 4.21. The van der Waals surface area contributed by atoms with E-state index in [1.807, 2.05) is 31.3 Å². The minimum Gasteiger partial charge on any atom is -0.376 e. The Morgan fingerprint density at radius 1 is 1.28 bits per heavy atom. The lowest BCUT2D eigenvalue weighted by Crippen LogP contribution is -2.37. The first-order chi connectivity index (χ1) is 12.2. The summed E-state index contributed by atoms with van der Waals surface area (Å²) in [6.07, 6.45) is 8.91. The molecule has 1 aromatic carbocycles. The highest BCUT2D eigenvalue weighted by molar-refractivity contribution is 5.89. The number of benzene rings is 1. The van der Waals surface area contributed by atoms with Crippen LogP contribution in [0.3, 0.4) is 0 Å². The summed E-state index contributed by atoms with van der Waals surface area (Å²) < 4.78 is 6.04. The van der Waals surface area contributed by atoms with Gasteiger partial charge >= 0.3 is 0 Å². The fourth-order valence-corrected chi connectivity index (χ4v) is 3.27. The largest absolute Gasteiger partial charge is 0.376 e. The van der Waals surface area contributed by atoms with Crippen LogP contribution in [0.2, 0.25) is 0 Å². The average Bonchev–Trinajstić information content (AvgIpc) is 3.06. The van der Waals surface area contributed by atoms with Gasteiger partial charge in [0.05, 0.1) is 12.1 Å². The lowest BCUT2D eigenvalue weighted by molar-refractivity contribution is -0.118. The van der Waals surface area contributed by atoms with E-state index in [1.165, 1.54) is 25.3 Å². The SMILES string of the molecule is C=CC(=O)N[C@H](c1c[nH]c2ccccc12)[C@@H](CCCCCC)OCC. The lowest BCUT2D eigenvalue weighted by atomic mass is 9.96. The monoisotopic (exact) mass is 342 g/mol. The van der Waals surface area contributed by atoms with E-state index < -0.39 is 0 Å². The van der Waals surface area contributed by atoms with Crippen LogP contribution in [-0.2, 0) is 9.53 Å². The second-order valence-electron chi connectivity index (χ2n) is 6.32. The molecule has 1 aromatic heterocycles. The zero-order valence-electron chi connectivity index (χ0n) is 15.4. The first-order valence-corrected chi connectivity index (χ1v) is 9.31. The van der Waals surface area contributed by atoms with E-state index in [9.17, 15) is 4.79 Å². The van der Waals surface area contributed by atoms with Crippen molar-refractivity contribution in [1.29, 1.82) is 0 Å². The van der Waals surface area contributed by atoms with Gasteiger partial charge in [0.2, 0.25) is 5.91 Å². The Morgan fingerprint density at radius 2 is 2.08 bits per heavy atom. The maximum absolute atomic E-state index is 12.0. The summed E-state index contributed by atoms with van der Waals surface area (Å²) in [7, 11) is 0. The summed E-state index contributed by atoms with van der Waals surface area (Å²) in [6, 6.07) is 7.95. The molecule has 4 heteroatoms. The summed E-state index contributed by atoms with van der Waals surface area (Å²) in [6.45, 7) is 8.42. The molecule has 0 aliphatic rings. The Kier molecular flexibility index (Phi) is 7.74. The predicted octanol–water partition coefficient (Wildman–Crippen LogP) is 4.89. The number of carbonyl (C=O) groups is 1. The van der Waals surface area contributed by atoms with Crippen molar-refractivity contribution in [3.63, 3.8) is 0 Å². The topological polar surface area (TPSA) is 54.1 Å². The number of unbranched alkanes of at least 4 members (excludes halogenated alkanes) is 3. The number of nitrogens with one attached hydrogen (secondary N) is 2. The minimum absolute atomic E-state index is 0.0510. The molecular formula is C21H30N2O2. The third-order valence-corrected chi connectivity index (χ3v) is 4.53. The molecule has 0 aliphatic carbocycles. The van der Waals surface area contributed by atoms with E-state index in [0.717, 1.165) is 29.3 Å². The zero-order valence-corrected chi connectivity index (χ0v) is 15.4. The molecule has 0 aliphatic heterocycles. The van der Waals surface area contributed by atoms with Crippen LogP contribution in [0.5, 0.6) is 0 Å². The fourth-order valence-electron chi connectivity index (χ4n) is 3.27. The number of amides is 1. The number of carbonyl (C=O) groups excluding carboxylic acids is 1. The number of hydrogen-bond donors (Lipinski definition) is 2. The number of para-hydroxylation sites is 1. The Bertz CT molecular complexity index is 677. The molecule has 2 aromatic rings. The highest BCUT2D eigenvalue weighted by Gasteiger charge is 2.27. The van der Waals surface area contributed by atoms with Gasteiger partial charge in [0, 0.05) is 29.3 Å². The molecule has 25 heavy (non-hydrogen) atoms. The summed E-state index contributed by atoms with van der Waals surface area (Å²) in [4.78, 5) is 15.3. The molecular weight excluding hydrogens is 312 g/mol.